The van der Waals surface area contributed by atoms with E-state index in [1.165, 1.54) is 16.3 Å². The number of benzene rings is 2. The van der Waals surface area contributed by atoms with E-state index in [-0.39, 0.29) is 22.7 Å². The first-order valence-corrected chi connectivity index (χ1v) is 14.8. The van der Waals surface area contributed by atoms with Crippen LogP contribution in [-0.2, 0) is 21.2 Å². The lowest BCUT2D eigenvalue weighted by Crippen LogP contribution is -2.49. The molecule has 186 valence electrons. The van der Waals surface area contributed by atoms with E-state index in [0.717, 1.165) is 42.6 Å². The van der Waals surface area contributed by atoms with E-state index in [9.17, 15) is 18.3 Å². The van der Waals surface area contributed by atoms with Gasteiger partial charge in [-0.15, -0.1) is 0 Å². The number of hydrogen-bond acceptors (Lipinski definition) is 4. The quantitative estimate of drug-likeness (QED) is 0.376. The van der Waals surface area contributed by atoms with Crippen molar-refractivity contribution in [1.29, 1.82) is 0 Å². The van der Waals surface area contributed by atoms with E-state index in [2.05, 4.69) is 13.8 Å². The Hall–Kier alpha value is -1.83. The van der Waals surface area contributed by atoms with Gasteiger partial charge in [-0.25, -0.2) is 8.42 Å². The molecule has 0 saturated carbocycles. The SMILES string of the molecule is CCCCCCS[C@@H]1C[C@@H](c2ccc(CC)cc2)N(S(=O)(=O)c2ccc(C)cc2)C[C@H]1C(=O)O. The minimum atomic E-state index is -3.85. The van der Waals surface area contributed by atoms with Gasteiger partial charge in [0.25, 0.3) is 0 Å². The molecular weight excluding hydrogens is 466 g/mol. The Balaban J connectivity index is 1.94. The lowest BCUT2D eigenvalue weighted by molar-refractivity contribution is -0.143. The highest BCUT2D eigenvalue weighted by atomic mass is 32.2. The number of thioether (sulfide) groups is 1. The molecule has 2 aromatic carbocycles. The van der Waals surface area contributed by atoms with Crippen LogP contribution in [0.15, 0.2) is 53.4 Å². The summed E-state index contributed by atoms with van der Waals surface area (Å²) in [5, 5.41) is 9.90. The second-order valence-corrected chi connectivity index (χ2v) is 12.4. The molecule has 0 bridgehead atoms. The molecule has 1 heterocycles. The molecular formula is C27H37NO4S2. The minimum absolute atomic E-state index is 0.0155. The summed E-state index contributed by atoms with van der Waals surface area (Å²) in [5.41, 5.74) is 3.10. The third kappa shape index (κ3) is 6.43. The van der Waals surface area contributed by atoms with Gasteiger partial charge in [0.2, 0.25) is 10.0 Å². The Morgan fingerprint density at radius 2 is 1.71 bits per heavy atom. The highest BCUT2D eigenvalue weighted by Gasteiger charge is 2.45. The molecule has 1 saturated heterocycles. The van der Waals surface area contributed by atoms with Gasteiger partial charge in [0.1, 0.15) is 0 Å². The number of carboxylic acids is 1. The summed E-state index contributed by atoms with van der Waals surface area (Å²) in [5.74, 6) is -0.752. The molecule has 5 nitrogen and oxygen atoms in total. The van der Waals surface area contributed by atoms with Crippen molar-refractivity contribution >= 4 is 27.8 Å². The van der Waals surface area contributed by atoms with Crippen LogP contribution in [0, 0.1) is 12.8 Å². The smallest absolute Gasteiger partial charge is 0.308 e. The fourth-order valence-electron chi connectivity index (χ4n) is 4.51. The Morgan fingerprint density at radius 1 is 1.03 bits per heavy atom. The third-order valence-corrected chi connectivity index (χ3v) is 10.0. The van der Waals surface area contributed by atoms with Crippen LogP contribution in [0.25, 0.3) is 0 Å². The first-order valence-electron chi connectivity index (χ1n) is 12.3. The van der Waals surface area contributed by atoms with Gasteiger partial charge in [-0.2, -0.15) is 16.1 Å². The zero-order chi connectivity index (χ0) is 24.7. The molecule has 1 aliphatic rings. The number of rotatable bonds is 11. The standard InChI is InChI=1S/C27H37NO4S2/c1-4-6-7-8-17-33-26-18-25(22-13-11-21(5-2)12-14-22)28(19-24(26)27(29)30)34(31,32)23-15-9-20(3)10-16-23/h9-16,24-26H,4-8,17-19H2,1-3H3,(H,29,30)/t24-,25+,26-/m1/s1. The van der Waals surface area contributed by atoms with Crippen molar-refractivity contribution in [2.75, 3.05) is 12.3 Å². The van der Waals surface area contributed by atoms with E-state index in [1.54, 1.807) is 36.0 Å². The molecule has 1 N–H and O–H groups in total. The predicted octanol–water partition coefficient (Wildman–Crippen LogP) is 6.08. The summed E-state index contributed by atoms with van der Waals surface area (Å²) in [6, 6.07) is 14.5. The molecule has 1 fully saturated rings. The van der Waals surface area contributed by atoms with Crippen molar-refractivity contribution in [1.82, 2.24) is 4.31 Å². The number of carboxylic acid groups (broad SMARTS) is 1. The van der Waals surface area contributed by atoms with Crippen molar-refractivity contribution in [3.05, 3.63) is 65.2 Å². The number of piperidine rings is 1. The van der Waals surface area contributed by atoms with Crippen molar-refractivity contribution < 1.29 is 18.3 Å². The number of unbranched alkanes of at least 4 members (excludes halogenated alkanes) is 3. The van der Waals surface area contributed by atoms with Crippen LogP contribution in [0.5, 0.6) is 0 Å². The maximum Gasteiger partial charge on any atom is 0.308 e. The molecule has 0 unspecified atom stereocenters. The minimum Gasteiger partial charge on any atom is -0.481 e. The molecule has 0 radical (unpaired) electrons. The van der Waals surface area contributed by atoms with E-state index in [1.807, 2.05) is 31.2 Å². The zero-order valence-electron chi connectivity index (χ0n) is 20.4. The topological polar surface area (TPSA) is 74.7 Å². The number of carbonyl (C=O) groups is 1. The lowest BCUT2D eigenvalue weighted by atomic mass is 9.90. The van der Waals surface area contributed by atoms with Crippen LogP contribution in [0.3, 0.4) is 0 Å². The van der Waals surface area contributed by atoms with Crippen molar-refractivity contribution in [2.24, 2.45) is 5.92 Å². The average molecular weight is 504 g/mol. The second-order valence-electron chi connectivity index (χ2n) is 9.15. The first-order chi connectivity index (χ1) is 16.3. The fraction of sp³-hybridized carbons (Fsp3) is 0.519. The predicted molar refractivity (Wildman–Crippen MR) is 140 cm³/mol. The van der Waals surface area contributed by atoms with Gasteiger partial charge >= 0.3 is 5.97 Å². The van der Waals surface area contributed by atoms with Gasteiger partial charge in [0.15, 0.2) is 0 Å². The molecule has 0 spiro atoms. The summed E-state index contributed by atoms with van der Waals surface area (Å²) in [4.78, 5) is 12.5. The number of aliphatic carboxylic acids is 1. The average Bonchev–Trinajstić information content (AvgIpc) is 2.83. The van der Waals surface area contributed by atoms with Crippen LogP contribution < -0.4 is 0 Å². The van der Waals surface area contributed by atoms with E-state index in [0.29, 0.717) is 6.42 Å². The Bertz CT molecular complexity index is 1040. The Labute approximate surface area is 209 Å². The molecule has 7 heteroatoms. The van der Waals surface area contributed by atoms with Gasteiger partial charge in [-0.05, 0) is 55.2 Å². The molecule has 3 atom stereocenters. The molecule has 0 amide bonds. The van der Waals surface area contributed by atoms with Gasteiger partial charge < -0.3 is 5.11 Å². The van der Waals surface area contributed by atoms with Crippen molar-refractivity contribution in [3.63, 3.8) is 0 Å². The number of aryl methyl sites for hydroxylation is 2. The highest BCUT2D eigenvalue weighted by molar-refractivity contribution is 7.99. The molecule has 0 aromatic heterocycles. The largest absolute Gasteiger partial charge is 0.481 e. The van der Waals surface area contributed by atoms with Crippen LogP contribution in [0.4, 0.5) is 0 Å². The van der Waals surface area contributed by atoms with Crippen molar-refractivity contribution in [3.8, 4) is 0 Å². The monoisotopic (exact) mass is 503 g/mol. The lowest BCUT2D eigenvalue weighted by Gasteiger charge is -2.42. The fourth-order valence-corrected chi connectivity index (χ4v) is 7.59. The summed E-state index contributed by atoms with van der Waals surface area (Å²) in [6.07, 6.45) is 5.95. The van der Waals surface area contributed by atoms with Crippen molar-refractivity contribution in [2.45, 2.75) is 75.5 Å². The second kappa shape index (κ2) is 12.2. The Kier molecular flexibility index (Phi) is 9.63. The Morgan fingerprint density at radius 3 is 2.29 bits per heavy atom. The van der Waals surface area contributed by atoms with Crippen LogP contribution in [0.2, 0.25) is 0 Å². The molecule has 34 heavy (non-hydrogen) atoms. The third-order valence-electron chi connectivity index (χ3n) is 6.68. The molecule has 1 aliphatic heterocycles. The summed E-state index contributed by atoms with van der Waals surface area (Å²) >= 11 is 1.70. The molecule has 3 rings (SSSR count). The zero-order valence-corrected chi connectivity index (χ0v) is 22.1. The van der Waals surface area contributed by atoms with E-state index < -0.39 is 21.9 Å². The highest BCUT2D eigenvalue weighted by Crippen LogP contribution is 2.42. The molecule has 2 aromatic rings. The summed E-state index contributed by atoms with van der Waals surface area (Å²) in [6.45, 7) is 6.16. The van der Waals surface area contributed by atoms with Gasteiger partial charge in [-0.1, -0.05) is 75.1 Å². The van der Waals surface area contributed by atoms with Gasteiger partial charge in [-0.3, -0.25) is 4.79 Å². The van der Waals surface area contributed by atoms with Crippen LogP contribution >= 0.6 is 11.8 Å². The van der Waals surface area contributed by atoms with E-state index in [4.69, 9.17) is 0 Å². The van der Waals surface area contributed by atoms with Gasteiger partial charge in [0.05, 0.1) is 16.9 Å². The maximum atomic E-state index is 13.7. The normalized spacial score (nSPS) is 21.4. The first kappa shape index (κ1) is 26.8. The summed E-state index contributed by atoms with van der Waals surface area (Å²) in [7, 11) is -3.85. The summed E-state index contributed by atoms with van der Waals surface area (Å²) < 4.78 is 28.9. The van der Waals surface area contributed by atoms with Crippen LogP contribution in [0.1, 0.15) is 68.7 Å². The van der Waals surface area contributed by atoms with Crippen LogP contribution in [-0.4, -0.2) is 41.3 Å². The number of sulfonamides is 1. The van der Waals surface area contributed by atoms with E-state index >= 15 is 0 Å². The molecule has 0 aliphatic carbocycles. The number of nitrogens with zero attached hydrogens (tertiary/aromatic N) is 1. The van der Waals surface area contributed by atoms with Gasteiger partial charge in [0, 0.05) is 11.8 Å². The maximum absolute atomic E-state index is 13.7. The number of hydrogen-bond donors (Lipinski definition) is 1.